The summed E-state index contributed by atoms with van der Waals surface area (Å²) in [7, 11) is 1.61. The van der Waals surface area contributed by atoms with Crippen LogP contribution in [0.15, 0.2) is 45.5 Å². The first-order valence-corrected chi connectivity index (χ1v) is 7.57. The SMILES string of the molecule is CNC(c1ccccc1C(F)(F)F)c1ncc(Br)cc1Br. The maximum atomic E-state index is 13.2. The Bertz CT molecular complexity index is 644. The average molecular weight is 424 g/mol. The van der Waals surface area contributed by atoms with E-state index in [2.05, 4.69) is 42.2 Å². The number of aromatic nitrogens is 1. The van der Waals surface area contributed by atoms with E-state index in [0.29, 0.717) is 10.2 Å². The number of pyridine rings is 1. The largest absolute Gasteiger partial charge is 0.416 e. The summed E-state index contributed by atoms with van der Waals surface area (Å²) in [5.74, 6) is 0. The summed E-state index contributed by atoms with van der Waals surface area (Å²) in [6.45, 7) is 0. The summed E-state index contributed by atoms with van der Waals surface area (Å²) >= 11 is 6.62. The van der Waals surface area contributed by atoms with Gasteiger partial charge in [-0.15, -0.1) is 0 Å². The molecule has 1 atom stereocenters. The Morgan fingerprint density at radius 2 is 1.86 bits per heavy atom. The average Bonchev–Trinajstić information content (AvgIpc) is 2.41. The molecule has 0 aliphatic rings. The van der Waals surface area contributed by atoms with Crippen molar-refractivity contribution in [2.24, 2.45) is 0 Å². The summed E-state index contributed by atoms with van der Waals surface area (Å²) in [5.41, 5.74) is -0.0265. The number of halogens is 5. The van der Waals surface area contributed by atoms with Crippen LogP contribution < -0.4 is 5.32 Å². The molecule has 0 bridgehead atoms. The number of nitrogens with one attached hydrogen (secondary N) is 1. The molecule has 1 unspecified atom stereocenters. The maximum absolute atomic E-state index is 13.2. The van der Waals surface area contributed by atoms with Gasteiger partial charge in [-0.3, -0.25) is 4.98 Å². The van der Waals surface area contributed by atoms with Crippen LogP contribution in [-0.2, 0) is 6.18 Å². The molecule has 7 heteroatoms. The van der Waals surface area contributed by atoms with Gasteiger partial charge in [0.25, 0.3) is 0 Å². The molecule has 1 heterocycles. The van der Waals surface area contributed by atoms with E-state index in [9.17, 15) is 13.2 Å². The predicted octanol–water partition coefficient (Wildman–Crippen LogP) is 4.93. The number of hydrogen-bond acceptors (Lipinski definition) is 2. The van der Waals surface area contributed by atoms with Crippen molar-refractivity contribution in [3.05, 3.63) is 62.3 Å². The van der Waals surface area contributed by atoms with Crippen LogP contribution in [0, 0.1) is 0 Å². The highest BCUT2D eigenvalue weighted by molar-refractivity contribution is 9.11. The Kier molecular flexibility index (Phi) is 5.06. The van der Waals surface area contributed by atoms with E-state index in [1.165, 1.54) is 12.1 Å². The predicted molar refractivity (Wildman–Crippen MR) is 82.0 cm³/mol. The Morgan fingerprint density at radius 3 is 2.43 bits per heavy atom. The first-order valence-electron chi connectivity index (χ1n) is 5.99. The van der Waals surface area contributed by atoms with Crippen molar-refractivity contribution in [3.8, 4) is 0 Å². The van der Waals surface area contributed by atoms with Gasteiger partial charge in [0, 0.05) is 15.1 Å². The fourth-order valence-electron chi connectivity index (χ4n) is 2.08. The van der Waals surface area contributed by atoms with Gasteiger partial charge >= 0.3 is 6.18 Å². The van der Waals surface area contributed by atoms with Crippen molar-refractivity contribution in [2.45, 2.75) is 12.2 Å². The zero-order chi connectivity index (χ0) is 15.6. The lowest BCUT2D eigenvalue weighted by molar-refractivity contribution is -0.138. The quantitative estimate of drug-likeness (QED) is 0.756. The highest BCUT2D eigenvalue weighted by Crippen LogP contribution is 2.37. The number of hydrogen-bond donors (Lipinski definition) is 1. The van der Waals surface area contributed by atoms with Crippen LogP contribution >= 0.6 is 31.9 Å². The van der Waals surface area contributed by atoms with Crippen molar-refractivity contribution < 1.29 is 13.2 Å². The van der Waals surface area contributed by atoms with Crippen LogP contribution in [0.4, 0.5) is 13.2 Å². The van der Waals surface area contributed by atoms with Crippen LogP contribution in [0.25, 0.3) is 0 Å². The second-order valence-corrected chi connectivity index (χ2v) is 6.10. The third-order valence-electron chi connectivity index (χ3n) is 2.98. The zero-order valence-electron chi connectivity index (χ0n) is 10.9. The van der Waals surface area contributed by atoms with Gasteiger partial charge in [-0.2, -0.15) is 13.2 Å². The Balaban J connectivity index is 2.57. The summed E-state index contributed by atoms with van der Waals surface area (Å²) in [4.78, 5) is 4.22. The summed E-state index contributed by atoms with van der Waals surface area (Å²) < 4.78 is 40.9. The van der Waals surface area contributed by atoms with Crippen LogP contribution in [0.2, 0.25) is 0 Å². The Labute approximate surface area is 137 Å². The second kappa shape index (κ2) is 6.46. The van der Waals surface area contributed by atoms with Gasteiger partial charge in [-0.1, -0.05) is 18.2 Å². The molecular weight excluding hydrogens is 413 g/mol. The highest BCUT2D eigenvalue weighted by Gasteiger charge is 2.35. The number of alkyl halides is 3. The Hall–Kier alpha value is -0.920. The normalized spacial score (nSPS) is 13.2. The lowest BCUT2D eigenvalue weighted by Crippen LogP contribution is -2.23. The van der Waals surface area contributed by atoms with Gasteiger partial charge in [0.05, 0.1) is 17.3 Å². The first-order chi connectivity index (χ1) is 9.84. The van der Waals surface area contributed by atoms with E-state index < -0.39 is 17.8 Å². The van der Waals surface area contributed by atoms with Crippen molar-refractivity contribution in [2.75, 3.05) is 7.05 Å². The molecule has 2 nitrogen and oxygen atoms in total. The lowest BCUT2D eigenvalue weighted by atomic mass is 9.97. The third-order valence-corrected chi connectivity index (χ3v) is 4.04. The molecule has 0 saturated heterocycles. The summed E-state index contributed by atoms with van der Waals surface area (Å²) in [5, 5.41) is 2.90. The number of nitrogens with zero attached hydrogens (tertiary/aromatic N) is 1. The summed E-state index contributed by atoms with van der Waals surface area (Å²) in [6.07, 6.45) is -2.85. The molecule has 0 saturated carbocycles. The van der Waals surface area contributed by atoms with E-state index in [4.69, 9.17) is 0 Å². The molecule has 0 fully saturated rings. The first kappa shape index (κ1) is 16.5. The van der Waals surface area contributed by atoms with Gasteiger partial charge in [-0.05, 0) is 56.6 Å². The maximum Gasteiger partial charge on any atom is 0.416 e. The molecule has 0 aliphatic carbocycles. The monoisotopic (exact) mass is 422 g/mol. The van der Waals surface area contributed by atoms with Gasteiger partial charge < -0.3 is 5.32 Å². The van der Waals surface area contributed by atoms with Crippen LogP contribution in [0.1, 0.15) is 22.9 Å². The van der Waals surface area contributed by atoms with Gasteiger partial charge in [0.1, 0.15) is 0 Å². The molecule has 21 heavy (non-hydrogen) atoms. The molecule has 2 aromatic rings. The Morgan fingerprint density at radius 1 is 1.19 bits per heavy atom. The van der Waals surface area contributed by atoms with E-state index >= 15 is 0 Å². The minimum atomic E-state index is -4.41. The van der Waals surface area contributed by atoms with Crippen LogP contribution in [0.3, 0.4) is 0 Å². The molecule has 2 rings (SSSR count). The van der Waals surface area contributed by atoms with Crippen molar-refractivity contribution in [1.29, 1.82) is 0 Å². The highest BCUT2D eigenvalue weighted by atomic mass is 79.9. The molecule has 0 aliphatic heterocycles. The molecule has 1 N–H and O–H groups in total. The smallest absolute Gasteiger partial charge is 0.308 e. The van der Waals surface area contributed by atoms with Crippen LogP contribution in [0.5, 0.6) is 0 Å². The number of benzene rings is 1. The second-order valence-electron chi connectivity index (χ2n) is 4.33. The molecule has 112 valence electrons. The van der Waals surface area contributed by atoms with Gasteiger partial charge in [0.15, 0.2) is 0 Å². The fourth-order valence-corrected chi connectivity index (χ4v) is 3.30. The molecular formula is C14H11Br2F3N2. The lowest BCUT2D eigenvalue weighted by Gasteiger charge is -2.22. The van der Waals surface area contributed by atoms with E-state index in [0.717, 1.165) is 10.5 Å². The minimum absolute atomic E-state index is 0.142. The topological polar surface area (TPSA) is 24.9 Å². The molecule has 0 amide bonds. The number of rotatable bonds is 3. The molecule has 0 spiro atoms. The standard InChI is InChI=1S/C14H11Br2F3N2/c1-20-12(13-11(16)6-8(15)7-21-13)9-4-2-3-5-10(9)14(17,18)19/h2-7,12,20H,1H3. The molecule has 1 aromatic carbocycles. The van der Waals surface area contributed by atoms with Gasteiger partial charge in [0.2, 0.25) is 0 Å². The third kappa shape index (κ3) is 3.64. The molecule has 0 radical (unpaired) electrons. The van der Waals surface area contributed by atoms with Gasteiger partial charge in [-0.25, -0.2) is 0 Å². The van der Waals surface area contributed by atoms with Crippen molar-refractivity contribution >= 4 is 31.9 Å². The summed E-state index contributed by atoms with van der Waals surface area (Å²) in [6, 6.07) is 6.59. The molecule has 1 aromatic heterocycles. The van der Waals surface area contributed by atoms with E-state index in [1.54, 1.807) is 25.4 Å². The minimum Gasteiger partial charge on any atom is -0.308 e. The van der Waals surface area contributed by atoms with Crippen molar-refractivity contribution in [3.63, 3.8) is 0 Å². The van der Waals surface area contributed by atoms with E-state index in [-0.39, 0.29) is 5.56 Å². The zero-order valence-corrected chi connectivity index (χ0v) is 14.1. The van der Waals surface area contributed by atoms with Crippen LogP contribution in [-0.4, -0.2) is 12.0 Å². The van der Waals surface area contributed by atoms with Crippen molar-refractivity contribution in [1.82, 2.24) is 10.3 Å². The fraction of sp³-hybridized carbons (Fsp3) is 0.214. The van der Waals surface area contributed by atoms with E-state index in [1.807, 2.05) is 0 Å².